The van der Waals surface area contributed by atoms with E-state index in [1.54, 1.807) is 0 Å². The molecule has 1 amide bonds. The SMILES string of the molecule is Cc1cc2c(C3=CCOCC3)cnc(NC3CCN(C(=O)CCN)CC3)c2[nH]c1=O. The number of piperidine rings is 1. The van der Waals surface area contributed by atoms with E-state index in [1.807, 2.05) is 24.1 Å². The van der Waals surface area contributed by atoms with Gasteiger partial charge in [0.15, 0.2) is 5.82 Å². The highest BCUT2D eigenvalue weighted by Crippen LogP contribution is 2.31. The predicted molar refractivity (Wildman–Crippen MR) is 117 cm³/mol. The second-order valence-corrected chi connectivity index (χ2v) is 7.98. The monoisotopic (exact) mass is 411 g/mol. The van der Waals surface area contributed by atoms with Crippen LogP contribution in [-0.4, -0.2) is 59.7 Å². The van der Waals surface area contributed by atoms with Gasteiger partial charge in [0, 0.05) is 54.8 Å². The molecule has 0 unspecified atom stereocenters. The Bertz CT molecular complexity index is 1020. The Labute approximate surface area is 175 Å². The van der Waals surface area contributed by atoms with E-state index >= 15 is 0 Å². The van der Waals surface area contributed by atoms with Gasteiger partial charge in [0.05, 0.1) is 18.7 Å². The molecule has 160 valence electrons. The van der Waals surface area contributed by atoms with Crippen molar-refractivity contribution in [2.24, 2.45) is 5.73 Å². The van der Waals surface area contributed by atoms with Crippen molar-refractivity contribution < 1.29 is 9.53 Å². The van der Waals surface area contributed by atoms with Crippen LogP contribution in [0.25, 0.3) is 16.5 Å². The van der Waals surface area contributed by atoms with Gasteiger partial charge in [0.25, 0.3) is 5.56 Å². The Morgan fingerprint density at radius 3 is 2.90 bits per heavy atom. The summed E-state index contributed by atoms with van der Waals surface area (Å²) in [5.41, 5.74) is 9.05. The van der Waals surface area contributed by atoms with Crippen molar-refractivity contribution in [3.63, 3.8) is 0 Å². The molecule has 0 saturated carbocycles. The second kappa shape index (κ2) is 8.97. The molecule has 0 spiro atoms. The number of nitrogens with zero attached hydrogens (tertiary/aromatic N) is 2. The van der Waals surface area contributed by atoms with E-state index in [1.165, 1.54) is 5.57 Å². The highest BCUT2D eigenvalue weighted by Gasteiger charge is 2.23. The summed E-state index contributed by atoms with van der Waals surface area (Å²) in [6.07, 6.45) is 6.87. The summed E-state index contributed by atoms with van der Waals surface area (Å²) in [6, 6.07) is 2.14. The minimum atomic E-state index is -0.104. The fourth-order valence-electron chi connectivity index (χ4n) is 4.18. The number of pyridine rings is 2. The summed E-state index contributed by atoms with van der Waals surface area (Å²) in [5.74, 6) is 0.804. The van der Waals surface area contributed by atoms with E-state index in [-0.39, 0.29) is 17.5 Å². The fraction of sp³-hybridized carbons (Fsp3) is 0.500. The van der Waals surface area contributed by atoms with Crippen molar-refractivity contribution in [1.82, 2.24) is 14.9 Å². The molecule has 2 aromatic rings. The van der Waals surface area contributed by atoms with E-state index in [2.05, 4.69) is 21.4 Å². The van der Waals surface area contributed by atoms with E-state index < -0.39 is 0 Å². The van der Waals surface area contributed by atoms with Crippen molar-refractivity contribution in [3.05, 3.63) is 39.8 Å². The van der Waals surface area contributed by atoms with Gasteiger partial charge in [-0.15, -0.1) is 0 Å². The van der Waals surface area contributed by atoms with Crippen molar-refractivity contribution in [1.29, 1.82) is 0 Å². The third-order valence-electron chi connectivity index (χ3n) is 5.93. The molecule has 0 bridgehead atoms. The number of aromatic nitrogens is 2. The van der Waals surface area contributed by atoms with Crippen LogP contribution in [0.15, 0.2) is 23.1 Å². The summed E-state index contributed by atoms with van der Waals surface area (Å²) < 4.78 is 5.44. The molecule has 30 heavy (non-hydrogen) atoms. The number of H-pyrrole nitrogens is 1. The summed E-state index contributed by atoms with van der Waals surface area (Å²) in [5, 5.41) is 4.50. The number of nitrogens with one attached hydrogen (secondary N) is 2. The Morgan fingerprint density at radius 2 is 2.20 bits per heavy atom. The third kappa shape index (κ3) is 4.24. The molecule has 0 aromatic carbocycles. The molecule has 2 aromatic heterocycles. The van der Waals surface area contributed by atoms with Crippen molar-refractivity contribution in [3.8, 4) is 0 Å². The minimum absolute atomic E-state index is 0.104. The molecule has 2 aliphatic heterocycles. The average molecular weight is 412 g/mol. The number of hydrogen-bond donors (Lipinski definition) is 3. The molecule has 1 fully saturated rings. The number of carbonyl (C=O) groups excluding carboxylic acids is 1. The standard InChI is InChI=1S/C22H29N5O3/c1-14-12-17-18(15-5-10-30-11-6-15)13-24-21(20(17)26-22(14)29)25-16-3-8-27(9-4-16)19(28)2-7-23/h5,12-13,16H,2-4,6-11,23H2,1H3,(H,24,25)(H,26,29). The minimum Gasteiger partial charge on any atom is -0.377 e. The number of likely N-dealkylation sites (tertiary alicyclic amines) is 1. The summed E-state index contributed by atoms with van der Waals surface area (Å²) in [6.45, 7) is 4.90. The highest BCUT2D eigenvalue weighted by atomic mass is 16.5. The Hall–Kier alpha value is -2.71. The number of rotatable bonds is 5. The summed E-state index contributed by atoms with van der Waals surface area (Å²) >= 11 is 0. The van der Waals surface area contributed by atoms with Crippen LogP contribution in [0.4, 0.5) is 5.82 Å². The maximum Gasteiger partial charge on any atom is 0.251 e. The first kappa shape index (κ1) is 20.6. The van der Waals surface area contributed by atoms with Crippen molar-refractivity contribution >= 4 is 28.2 Å². The topological polar surface area (TPSA) is 113 Å². The van der Waals surface area contributed by atoms with Crippen LogP contribution < -0.4 is 16.6 Å². The number of carbonyl (C=O) groups is 1. The molecular formula is C22H29N5O3. The molecular weight excluding hydrogens is 382 g/mol. The fourth-order valence-corrected chi connectivity index (χ4v) is 4.18. The van der Waals surface area contributed by atoms with Crippen LogP contribution >= 0.6 is 0 Å². The number of hydrogen-bond acceptors (Lipinski definition) is 6. The molecule has 8 nitrogen and oxygen atoms in total. The maximum atomic E-state index is 12.3. The van der Waals surface area contributed by atoms with E-state index in [9.17, 15) is 9.59 Å². The van der Waals surface area contributed by atoms with Gasteiger partial charge in [0.1, 0.15) is 0 Å². The van der Waals surface area contributed by atoms with Gasteiger partial charge in [-0.3, -0.25) is 9.59 Å². The van der Waals surface area contributed by atoms with Crippen molar-refractivity contribution in [2.45, 2.75) is 38.6 Å². The number of nitrogens with two attached hydrogens (primary N) is 1. The summed E-state index contributed by atoms with van der Waals surface area (Å²) in [4.78, 5) is 34.0. The van der Waals surface area contributed by atoms with Crippen molar-refractivity contribution in [2.75, 3.05) is 38.2 Å². The van der Waals surface area contributed by atoms with Crippen LogP contribution in [0, 0.1) is 6.92 Å². The first-order valence-corrected chi connectivity index (χ1v) is 10.6. The van der Waals surface area contributed by atoms with Crippen LogP contribution in [-0.2, 0) is 9.53 Å². The Kier molecular flexibility index (Phi) is 6.15. The molecule has 1 saturated heterocycles. The van der Waals surface area contributed by atoms with Crippen LogP contribution in [0.3, 0.4) is 0 Å². The van der Waals surface area contributed by atoms with Gasteiger partial charge in [-0.2, -0.15) is 0 Å². The van der Waals surface area contributed by atoms with Gasteiger partial charge in [0.2, 0.25) is 5.91 Å². The van der Waals surface area contributed by atoms with E-state index in [0.717, 1.165) is 35.7 Å². The lowest BCUT2D eigenvalue weighted by Gasteiger charge is -2.33. The molecule has 4 N–H and O–H groups in total. The van der Waals surface area contributed by atoms with Crippen LogP contribution in [0.5, 0.6) is 0 Å². The molecule has 8 heteroatoms. The molecule has 4 rings (SSSR count). The number of fused-ring (bicyclic) bond motifs is 1. The molecule has 0 radical (unpaired) electrons. The zero-order valence-electron chi connectivity index (χ0n) is 17.4. The number of anilines is 1. The number of ether oxygens (including phenoxy) is 1. The quantitative estimate of drug-likeness (QED) is 0.691. The first-order chi connectivity index (χ1) is 14.6. The predicted octanol–water partition coefficient (Wildman–Crippen LogP) is 1.79. The lowest BCUT2D eigenvalue weighted by atomic mass is 9.98. The lowest BCUT2D eigenvalue weighted by molar-refractivity contribution is -0.131. The normalized spacial score (nSPS) is 17.8. The summed E-state index contributed by atoms with van der Waals surface area (Å²) in [7, 11) is 0. The molecule has 4 heterocycles. The second-order valence-electron chi connectivity index (χ2n) is 7.98. The van der Waals surface area contributed by atoms with Crippen LogP contribution in [0.2, 0.25) is 0 Å². The maximum absolute atomic E-state index is 12.3. The van der Waals surface area contributed by atoms with Gasteiger partial charge in [-0.25, -0.2) is 4.98 Å². The van der Waals surface area contributed by atoms with Gasteiger partial charge < -0.3 is 25.7 Å². The molecule has 0 aliphatic carbocycles. The Morgan fingerprint density at radius 1 is 1.40 bits per heavy atom. The zero-order chi connectivity index (χ0) is 21.1. The van der Waals surface area contributed by atoms with Gasteiger partial charge >= 0.3 is 0 Å². The molecule has 2 aliphatic rings. The lowest BCUT2D eigenvalue weighted by Crippen LogP contribution is -2.43. The highest BCUT2D eigenvalue weighted by molar-refractivity contribution is 5.97. The number of aryl methyl sites for hydroxylation is 1. The average Bonchev–Trinajstić information content (AvgIpc) is 2.76. The largest absolute Gasteiger partial charge is 0.377 e. The zero-order valence-corrected chi connectivity index (χ0v) is 17.4. The van der Waals surface area contributed by atoms with Gasteiger partial charge in [-0.1, -0.05) is 6.08 Å². The molecule has 0 atom stereocenters. The Balaban J connectivity index is 1.59. The first-order valence-electron chi connectivity index (χ1n) is 10.6. The van der Waals surface area contributed by atoms with Gasteiger partial charge in [-0.05, 0) is 37.8 Å². The smallest absolute Gasteiger partial charge is 0.251 e. The van der Waals surface area contributed by atoms with E-state index in [0.29, 0.717) is 50.7 Å². The number of aromatic amines is 1. The van der Waals surface area contributed by atoms with E-state index in [4.69, 9.17) is 10.5 Å². The van der Waals surface area contributed by atoms with Crippen LogP contribution in [0.1, 0.15) is 36.8 Å². The third-order valence-corrected chi connectivity index (χ3v) is 5.93. The number of amides is 1.